The Balaban J connectivity index is 1.44. The smallest absolute Gasteiger partial charge is 0.314 e. The second-order valence-corrected chi connectivity index (χ2v) is 5.39. The summed E-state index contributed by atoms with van der Waals surface area (Å²) in [6.45, 7) is 2.14. The van der Waals surface area contributed by atoms with Crippen molar-refractivity contribution in [2.75, 3.05) is 18.5 Å². The zero-order valence-electron chi connectivity index (χ0n) is 13.6. The highest BCUT2D eigenvalue weighted by molar-refractivity contribution is 6.39. The maximum Gasteiger partial charge on any atom is 0.314 e. The minimum Gasteiger partial charge on any atom is -0.492 e. The first-order valence-electron chi connectivity index (χ1n) is 7.76. The number of aromatic nitrogens is 1. The lowest BCUT2D eigenvalue weighted by molar-refractivity contribution is -0.136. The number of nitrogens with zero attached hydrogens (tertiary/aromatic N) is 1. The van der Waals surface area contributed by atoms with Gasteiger partial charge in [-0.15, -0.1) is 0 Å². The number of carbonyl (C=O) groups is 2. The van der Waals surface area contributed by atoms with Crippen molar-refractivity contribution in [3.8, 4) is 5.75 Å². The Labute approximate surface area is 143 Å². The molecular weight excluding hydrogens is 322 g/mol. The molecule has 128 valence electrons. The first-order chi connectivity index (χ1) is 12.1. The normalized spacial score (nSPS) is 10.4. The summed E-state index contributed by atoms with van der Waals surface area (Å²) < 4.78 is 10.4. The van der Waals surface area contributed by atoms with Crippen molar-refractivity contribution in [2.45, 2.75) is 6.92 Å². The van der Waals surface area contributed by atoms with E-state index < -0.39 is 11.8 Å². The molecule has 2 aromatic carbocycles. The van der Waals surface area contributed by atoms with Gasteiger partial charge in [0.25, 0.3) is 0 Å². The molecule has 0 bridgehead atoms. The van der Waals surface area contributed by atoms with Gasteiger partial charge in [0, 0.05) is 6.07 Å². The molecule has 0 saturated heterocycles. The van der Waals surface area contributed by atoms with Crippen LogP contribution in [0.15, 0.2) is 53.1 Å². The third-order valence-corrected chi connectivity index (χ3v) is 3.45. The van der Waals surface area contributed by atoms with Gasteiger partial charge in [-0.25, -0.2) is 0 Å². The Hall–Kier alpha value is -3.35. The molecule has 0 aliphatic rings. The molecule has 0 aliphatic heterocycles. The number of ether oxygens (including phenoxy) is 1. The zero-order valence-corrected chi connectivity index (χ0v) is 13.6. The van der Waals surface area contributed by atoms with E-state index in [1.54, 1.807) is 6.92 Å². The van der Waals surface area contributed by atoms with Crippen molar-refractivity contribution in [1.82, 2.24) is 10.5 Å². The van der Waals surface area contributed by atoms with Crippen LogP contribution in [0.4, 0.5) is 5.82 Å². The zero-order chi connectivity index (χ0) is 17.6. The Kier molecular flexibility index (Phi) is 4.94. The van der Waals surface area contributed by atoms with Crippen molar-refractivity contribution in [3.63, 3.8) is 0 Å². The summed E-state index contributed by atoms with van der Waals surface area (Å²) in [5.74, 6) is -0.123. The van der Waals surface area contributed by atoms with Gasteiger partial charge in [0.2, 0.25) is 0 Å². The average Bonchev–Trinajstić information content (AvgIpc) is 3.03. The van der Waals surface area contributed by atoms with Crippen molar-refractivity contribution in [2.24, 2.45) is 0 Å². The highest BCUT2D eigenvalue weighted by atomic mass is 16.5. The third-order valence-electron chi connectivity index (χ3n) is 3.45. The minimum atomic E-state index is -0.806. The van der Waals surface area contributed by atoms with E-state index in [1.807, 2.05) is 42.5 Å². The molecule has 0 radical (unpaired) electrons. The summed E-state index contributed by atoms with van der Waals surface area (Å²) in [5.41, 5.74) is 0. The molecule has 3 aromatic rings. The first-order valence-corrected chi connectivity index (χ1v) is 7.76. The summed E-state index contributed by atoms with van der Waals surface area (Å²) in [5, 5.41) is 10.6. The van der Waals surface area contributed by atoms with E-state index in [4.69, 9.17) is 9.26 Å². The van der Waals surface area contributed by atoms with E-state index >= 15 is 0 Å². The fourth-order valence-electron chi connectivity index (χ4n) is 2.27. The van der Waals surface area contributed by atoms with Gasteiger partial charge in [-0.1, -0.05) is 35.5 Å². The molecule has 7 nitrogen and oxygen atoms in total. The van der Waals surface area contributed by atoms with Crippen molar-refractivity contribution in [3.05, 3.63) is 54.3 Å². The van der Waals surface area contributed by atoms with Gasteiger partial charge in [0.15, 0.2) is 5.82 Å². The van der Waals surface area contributed by atoms with E-state index in [-0.39, 0.29) is 19.0 Å². The van der Waals surface area contributed by atoms with Crippen LogP contribution in [0.25, 0.3) is 10.8 Å². The molecule has 25 heavy (non-hydrogen) atoms. The van der Waals surface area contributed by atoms with E-state index in [2.05, 4.69) is 15.8 Å². The van der Waals surface area contributed by atoms with Gasteiger partial charge in [0.1, 0.15) is 18.1 Å². The summed E-state index contributed by atoms with van der Waals surface area (Å²) in [4.78, 5) is 23.4. The number of rotatable bonds is 5. The Morgan fingerprint density at radius 1 is 1.08 bits per heavy atom. The summed E-state index contributed by atoms with van der Waals surface area (Å²) in [6, 6.07) is 15.2. The van der Waals surface area contributed by atoms with Crippen LogP contribution < -0.4 is 15.4 Å². The quantitative estimate of drug-likeness (QED) is 0.549. The molecule has 7 heteroatoms. The fourth-order valence-corrected chi connectivity index (χ4v) is 2.27. The predicted molar refractivity (Wildman–Crippen MR) is 92.3 cm³/mol. The van der Waals surface area contributed by atoms with Crippen LogP contribution in [-0.2, 0) is 9.59 Å². The fraction of sp³-hybridized carbons (Fsp3) is 0.167. The molecular formula is C18H17N3O4. The van der Waals surface area contributed by atoms with Crippen molar-refractivity contribution < 1.29 is 18.8 Å². The molecule has 0 aliphatic carbocycles. The molecule has 1 aromatic heterocycles. The van der Waals surface area contributed by atoms with Gasteiger partial charge >= 0.3 is 11.8 Å². The number of benzene rings is 2. The number of fused-ring (bicyclic) bond motifs is 1. The van der Waals surface area contributed by atoms with Gasteiger partial charge in [0.05, 0.1) is 6.54 Å². The molecule has 0 unspecified atom stereocenters. The lowest BCUT2D eigenvalue weighted by Gasteiger charge is -2.08. The Morgan fingerprint density at radius 3 is 2.64 bits per heavy atom. The van der Waals surface area contributed by atoms with Gasteiger partial charge < -0.3 is 14.6 Å². The van der Waals surface area contributed by atoms with Crippen LogP contribution in [0.3, 0.4) is 0 Å². The van der Waals surface area contributed by atoms with Crippen molar-refractivity contribution >= 4 is 28.4 Å². The molecule has 2 N–H and O–H groups in total. The number of nitrogens with one attached hydrogen (secondary N) is 2. The molecule has 0 atom stereocenters. The highest BCUT2D eigenvalue weighted by Crippen LogP contribution is 2.20. The van der Waals surface area contributed by atoms with Crippen LogP contribution in [0.2, 0.25) is 0 Å². The summed E-state index contributed by atoms with van der Waals surface area (Å²) >= 11 is 0. The second kappa shape index (κ2) is 7.48. The molecule has 0 fully saturated rings. The minimum absolute atomic E-state index is 0.199. The van der Waals surface area contributed by atoms with Gasteiger partial charge in [-0.2, -0.15) is 0 Å². The average molecular weight is 339 g/mol. The lowest BCUT2D eigenvalue weighted by Crippen LogP contribution is -2.37. The molecule has 0 spiro atoms. The van der Waals surface area contributed by atoms with Crippen LogP contribution in [0.1, 0.15) is 5.76 Å². The number of hydrogen-bond acceptors (Lipinski definition) is 5. The monoisotopic (exact) mass is 339 g/mol. The van der Waals surface area contributed by atoms with E-state index in [0.29, 0.717) is 11.5 Å². The van der Waals surface area contributed by atoms with Crippen LogP contribution in [0.5, 0.6) is 5.75 Å². The van der Waals surface area contributed by atoms with E-state index in [9.17, 15) is 9.59 Å². The molecule has 3 rings (SSSR count). The largest absolute Gasteiger partial charge is 0.492 e. The topological polar surface area (TPSA) is 93.5 Å². The number of amides is 2. The Bertz CT molecular complexity index is 904. The summed E-state index contributed by atoms with van der Waals surface area (Å²) in [6.07, 6.45) is 0. The predicted octanol–water partition coefficient (Wildman–Crippen LogP) is 2.27. The standard InChI is InChI=1S/C18H17N3O4/c1-12-10-16(21-25-12)20-18(23)17(22)19-8-9-24-15-7-6-13-4-2-3-5-14(13)11-15/h2-7,10-11H,8-9H2,1H3,(H,19,22)(H,20,21,23). The molecule has 0 saturated carbocycles. The third kappa shape index (κ3) is 4.35. The number of aryl methyl sites for hydroxylation is 1. The Morgan fingerprint density at radius 2 is 1.88 bits per heavy atom. The van der Waals surface area contributed by atoms with Crippen LogP contribution in [-0.4, -0.2) is 30.1 Å². The molecule has 2 amide bonds. The second-order valence-electron chi connectivity index (χ2n) is 5.39. The lowest BCUT2D eigenvalue weighted by atomic mass is 10.1. The highest BCUT2D eigenvalue weighted by Gasteiger charge is 2.14. The number of anilines is 1. The number of hydrogen-bond donors (Lipinski definition) is 2. The van der Waals surface area contributed by atoms with E-state index in [1.165, 1.54) is 6.07 Å². The van der Waals surface area contributed by atoms with Crippen molar-refractivity contribution in [1.29, 1.82) is 0 Å². The van der Waals surface area contributed by atoms with Gasteiger partial charge in [-0.05, 0) is 29.8 Å². The maximum atomic E-state index is 11.7. The maximum absolute atomic E-state index is 11.7. The summed E-state index contributed by atoms with van der Waals surface area (Å²) in [7, 11) is 0. The van der Waals surface area contributed by atoms with Gasteiger partial charge in [-0.3, -0.25) is 14.9 Å². The molecule has 1 heterocycles. The SMILES string of the molecule is Cc1cc(NC(=O)C(=O)NCCOc2ccc3ccccc3c2)no1. The first kappa shape index (κ1) is 16.5. The van der Waals surface area contributed by atoms with Crippen LogP contribution in [0, 0.1) is 6.92 Å². The number of carbonyl (C=O) groups excluding carboxylic acids is 2. The van der Waals surface area contributed by atoms with E-state index in [0.717, 1.165) is 10.8 Å². The van der Waals surface area contributed by atoms with Crippen LogP contribution >= 0.6 is 0 Å².